The zero-order chi connectivity index (χ0) is 23.6. The van der Waals surface area contributed by atoms with Gasteiger partial charge in [-0.25, -0.2) is 0 Å². The van der Waals surface area contributed by atoms with Gasteiger partial charge in [0, 0.05) is 56.9 Å². The highest BCUT2D eigenvalue weighted by Crippen LogP contribution is 2.42. The summed E-state index contributed by atoms with van der Waals surface area (Å²) in [6.07, 6.45) is 1.93. The molecule has 2 aromatic rings. The van der Waals surface area contributed by atoms with E-state index >= 15 is 0 Å². The van der Waals surface area contributed by atoms with Gasteiger partial charge in [0.25, 0.3) is 0 Å². The van der Waals surface area contributed by atoms with Crippen molar-refractivity contribution in [2.24, 2.45) is 0 Å². The fourth-order valence-corrected chi connectivity index (χ4v) is 4.89. The molecule has 9 heteroatoms. The lowest BCUT2D eigenvalue weighted by Crippen LogP contribution is -2.49. The highest BCUT2D eigenvalue weighted by Gasteiger charge is 2.42. The number of aliphatic hydroxyl groups excluding tert-OH is 1. The van der Waals surface area contributed by atoms with E-state index in [-0.39, 0.29) is 18.1 Å². The summed E-state index contributed by atoms with van der Waals surface area (Å²) in [7, 11) is 1.50. The minimum absolute atomic E-state index is 0.0689. The monoisotopic (exact) mass is 494 g/mol. The molecule has 4 rings (SSSR count). The molecule has 0 radical (unpaired) electrons. The molecule has 178 valence electrons. The molecule has 2 heterocycles. The molecule has 1 atom stereocenters. The van der Waals surface area contributed by atoms with Crippen LogP contribution in [0.5, 0.6) is 17.2 Å². The fraction of sp³-hybridized carbons (Fsp3) is 0.458. The average Bonchev–Trinajstić information content (AvgIpc) is 3.11. The van der Waals surface area contributed by atoms with Crippen molar-refractivity contribution in [1.29, 1.82) is 0 Å². The molecule has 0 aromatic heterocycles. The summed E-state index contributed by atoms with van der Waals surface area (Å²) < 4.78 is 17.3. The Morgan fingerprint density at radius 2 is 2.00 bits per heavy atom. The maximum absolute atomic E-state index is 11.5. The Labute approximate surface area is 203 Å². The second-order valence-corrected chi connectivity index (χ2v) is 9.49. The number of hydrogen-bond donors (Lipinski definition) is 2. The Bertz CT molecular complexity index is 1020. The van der Waals surface area contributed by atoms with Crippen LogP contribution in [0.3, 0.4) is 0 Å². The lowest BCUT2D eigenvalue weighted by atomic mass is 9.87. The summed E-state index contributed by atoms with van der Waals surface area (Å²) >= 11 is 12.3. The lowest BCUT2D eigenvalue weighted by Gasteiger charge is -2.39. The van der Waals surface area contributed by atoms with Crippen LogP contribution in [0.25, 0.3) is 0 Å². The molecule has 2 aliphatic heterocycles. The average molecular weight is 495 g/mol. The van der Waals surface area contributed by atoms with Gasteiger partial charge in [-0.1, -0.05) is 23.2 Å². The van der Waals surface area contributed by atoms with E-state index in [0.717, 1.165) is 48.7 Å². The molecule has 1 amide bonds. The molecule has 0 saturated carbocycles. The number of amides is 1. The number of halogens is 2. The largest absolute Gasteiger partial charge is 0.495 e. The summed E-state index contributed by atoms with van der Waals surface area (Å²) in [6, 6.07) is 8.96. The van der Waals surface area contributed by atoms with Crippen LogP contribution in [0.4, 0.5) is 5.69 Å². The normalized spacial score (nSPS) is 17.8. The summed E-state index contributed by atoms with van der Waals surface area (Å²) in [5.41, 5.74) is 1.41. The van der Waals surface area contributed by atoms with E-state index in [0.29, 0.717) is 28.8 Å². The molecular formula is C24H28Cl2N2O5. The van der Waals surface area contributed by atoms with Gasteiger partial charge in [-0.05, 0) is 29.8 Å². The smallest absolute Gasteiger partial charge is 0.221 e. The van der Waals surface area contributed by atoms with E-state index in [2.05, 4.69) is 10.2 Å². The maximum atomic E-state index is 11.5. The minimum atomic E-state index is -0.702. The van der Waals surface area contributed by atoms with E-state index in [9.17, 15) is 9.90 Å². The summed E-state index contributed by atoms with van der Waals surface area (Å²) in [4.78, 5) is 13.7. The number of β-amino-alcohol motifs (C(OH)–C–C–N with tert-alkyl or cyclic N) is 1. The van der Waals surface area contributed by atoms with Crippen LogP contribution in [0.15, 0.2) is 30.3 Å². The first-order valence-electron chi connectivity index (χ1n) is 10.9. The van der Waals surface area contributed by atoms with Gasteiger partial charge >= 0.3 is 0 Å². The number of ether oxygens (including phenoxy) is 3. The zero-order valence-corrected chi connectivity index (χ0v) is 20.2. The third-order valence-corrected chi connectivity index (χ3v) is 6.62. The number of carbonyl (C=O) groups excluding carboxylic acids is 1. The number of anilines is 1. The number of fused-ring (bicyclic) bond motifs is 1. The van der Waals surface area contributed by atoms with Crippen LogP contribution in [0, 0.1) is 0 Å². The van der Waals surface area contributed by atoms with Crippen molar-refractivity contribution in [2.75, 3.05) is 38.7 Å². The van der Waals surface area contributed by atoms with Crippen molar-refractivity contribution in [3.63, 3.8) is 0 Å². The minimum Gasteiger partial charge on any atom is -0.495 e. The lowest BCUT2D eigenvalue weighted by molar-refractivity contribution is -0.114. The Balaban J connectivity index is 1.30. The van der Waals surface area contributed by atoms with Crippen molar-refractivity contribution in [1.82, 2.24) is 4.90 Å². The molecule has 2 aromatic carbocycles. The number of benzene rings is 2. The van der Waals surface area contributed by atoms with Crippen molar-refractivity contribution >= 4 is 34.8 Å². The van der Waals surface area contributed by atoms with Crippen LogP contribution in [-0.2, 0) is 11.2 Å². The molecule has 2 N–H and O–H groups in total. The van der Waals surface area contributed by atoms with E-state index < -0.39 is 6.10 Å². The number of nitrogens with one attached hydrogen (secondary N) is 1. The molecule has 0 unspecified atom stereocenters. The molecule has 1 spiro atoms. The van der Waals surface area contributed by atoms with Crippen molar-refractivity contribution in [2.45, 2.75) is 37.9 Å². The molecule has 0 bridgehead atoms. The summed E-state index contributed by atoms with van der Waals surface area (Å²) in [6.45, 7) is 3.60. The van der Waals surface area contributed by atoms with Gasteiger partial charge in [-0.15, -0.1) is 0 Å². The Morgan fingerprint density at radius 3 is 2.70 bits per heavy atom. The summed E-state index contributed by atoms with van der Waals surface area (Å²) in [5, 5.41) is 14.4. The molecule has 1 fully saturated rings. The molecule has 0 aliphatic carbocycles. The zero-order valence-electron chi connectivity index (χ0n) is 18.7. The maximum Gasteiger partial charge on any atom is 0.221 e. The van der Waals surface area contributed by atoms with Gasteiger partial charge in [-0.3, -0.25) is 4.79 Å². The number of aliphatic hydroxyl groups is 1. The van der Waals surface area contributed by atoms with Crippen LogP contribution < -0.4 is 19.5 Å². The first-order chi connectivity index (χ1) is 15.8. The van der Waals surface area contributed by atoms with Crippen LogP contribution in [0.2, 0.25) is 10.0 Å². The van der Waals surface area contributed by atoms with Crippen LogP contribution >= 0.6 is 23.2 Å². The standard InChI is InChI=1S/C24H28Cl2N2O5/c1-15(29)27-20-10-19(26)22(31-2)11-23(20)32-14-18(30)13-28-7-5-24(6-8-28)12-16-9-17(25)3-4-21(16)33-24/h3-4,9-11,18,30H,5-8,12-14H2,1-2H3,(H,27,29)/t18-/m1/s1. The quantitative estimate of drug-likeness (QED) is 0.601. The highest BCUT2D eigenvalue weighted by molar-refractivity contribution is 6.32. The van der Waals surface area contributed by atoms with Crippen LogP contribution in [0.1, 0.15) is 25.3 Å². The van der Waals surface area contributed by atoms with Crippen molar-refractivity contribution in [3.8, 4) is 17.2 Å². The molecule has 2 aliphatic rings. The first-order valence-corrected chi connectivity index (χ1v) is 11.7. The second-order valence-electron chi connectivity index (χ2n) is 8.64. The summed E-state index contributed by atoms with van der Waals surface area (Å²) in [5.74, 6) is 1.49. The number of carbonyl (C=O) groups is 1. The van der Waals surface area contributed by atoms with Crippen molar-refractivity contribution in [3.05, 3.63) is 45.9 Å². The fourth-order valence-electron chi connectivity index (χ4n) is 4.46. The SMILES string of the molecule is COc1cc(OC[C@H](O)CN2CCC3(CC2)Cc2cc(Cl)ccc2O3)c(NC(C)=O)cc1Cl. The third kappa shape index (κ3) is 5.66. The molecule has 1 saturated heterocycles. The van der Waals surface area contributed by atoms with E-state index in [1.165, 1.54) is 14.0 Å². The van der Waals surface area contributed by atoms with Gasteiger partial charge in [-0.2, -0.15) is 0 Å². The molecule has 7 nitrogen and oxygen atoms in total. The predicted molar refractivity (Wildman–Crippen MR) is 128 cm³/mol. The van der Waals surface area contributed by atoms with Gasteiger partial charge in [0.2, 0.25) is 5.91 Å². The Morgan fingerprint density at radius 1 is 1.24 bits per heavy atom. The highest BCUT2D eigenvalue weighted by atomic mass is 35.5. The van der Waals surface area contributed by atoms with Crippen molar-refractivity contribution < 1.29 is 24.1 Å². The number of hydrogen-bond acceptors (Lipinski definition) is 6. The van der Waals surface area contributed by atoms with Gasteiger partial charge < -0.3 is 29.5 Å². The first kappa shape index (κ1) is 24.0. The number of likely N-dealkylation sites (tertiary alicyclic amines) is 1. The van der Waals surface area contributed by atoms with Gasteiger partial charge in [0.05, 0.1) is 17.8 Å². The number of nitrogens with zero attached hydrogens (tertiary/aromatic N) is 1. The van der Waals surface area contributed by atoms with E-state index in [1.54, 1.807) is 12.1 Å². The van der Waals surface area contributed by atoms with Gasteiger partial charge in [0.15, 0.2) is 0 Å². The Kier molecular flexibility index (Phi) is 7.24. The molecular weight excluding hydrogens is 467 g/mol. The second kappa shape index (κ2) is 9.97. The topological polar surface area (TPSA) is 80.3 Å². The number of methoxy groups -OCH3 is 1. The van der Waals surface area contributed by atoms with Gasteiger partial charge in [0.1, 0.15) is 35.6 Å². The number of rotatable bonds is 7. The Hall–Kier alpha value is -2.19. The number of piperidine rings is 1. The van der Waals surface area contributed by atoms with Crippen LogP contribution in [-0.4, -0.2) is 61.0 Å². The third-order valence-electron chi connectivity index (χ3n) is 6.09. The molecule has 33 heavy (non-hydrogen) atoms. The van der Waals surface area contributed by atoms with E-state index in [4.69, 9.17) is 37.4 Å². The predicted octanol–water partition coefficient (Wildman–Crippen LogP) is 4.17. The van der Waals surface area contributed by atoms with E-state index in [1.807, 2.05) is 18.2 Å².